The summed E-state index contributed by atoms with van der Waals surface area (Å²) in [5, 5.41) is 3.90. The molecule has 5 heterocycles. The number of benzene rings is 1. The third-order valence-corrected chi connectivity index (χ3v) is 8.08. The summed E-state index contributed by atoms with van der Waals surface area (Å²) in [6.45, 7) is 1.15. The van der Waals surface area contributed by atoms with Crippen molar-refractivity contribution in [3.05, 3.63) is 72.8 Å². The maximum atomic E-state index is 15.1. The van der Waals surface area contributed by atoms with Crippen LogP contribution in [0.2, 0.25) is 0 Å². The fraction of sp³-hybridized carbons (Fsp3) is 0.217. The first kappa shape index (κ1) is 20.3. The van der Waals surface area contributed by atoms with E-state index >= 15 is 8.78 Å². The van der Waals surface area contributed by atoms with Crippen LogP contribution >= 0.6 is 0 Å². The molecule has 1 aromatic carbocycles. The Balaban J connectivity index is 1.43. The number of piperazine rings is 1. The van der Waals surface area contributed by atoms with E-state index in [9.17, 15) is 8.42 Å². The lowest BCUT2D eigenvalue weighted by atomic mass is 10.1. The first-order chi connectivity index (χ1) is 15.9. The van der Waals surface area contributed by atoms with E-state index in [2.05, 4.69) is 15.3 Å². The highest BCUT2D eigenvalue weighted by Crippen LogP contribution is 2.36. The quantitative estimate of drug-likeness (QED) is 0.497. The van der Waals surface area contributed by atoms with Crippen LogP contribution in [-0.4, -0.2) is 47.5 Å². The minimum atomic E-state index is -4.27. The molecule has 2 bridgehead atoms. The summed E-state index contributed by atoms with van der Waals surface area (Å²) < 4.78 is 57.9. The van der Waals surface area contributed by atoms with Crippen molar-refractivity contribution in [2.75, 3.05) is 18.0 Å². The van der Waals surface area contributed by atoms with Gasteiger partial charge in [0, 0.05) is 54.7 Å². The standard InChI is InChI=1S/C23H19F2N5O2S/c24-19-8-16(9-20(25)23(19)29-13-14-7-15(29)10-28-14)33(31,32)30-6-4-17-18(11-26-12-22(17)30)21-3-1-2-5-27-21/h1-6,8-9,11-12,14-15,28H,7,10,13H2. The van der Waals surface area contributed by atoms with Crippen molar-refractivity contribution in [3.8, 4) is 11.3 Å². The molecule has 33 heavy (non-hydrogen) atoms. The van der Waals surface area contributed by atoms with E-state index in [1.165, 1.54) is 12.4 Å². The van der Waals surface area contributed by atoms with Crippen LogP contribution < -0.4 is 10.2 Å². The fourth-order valence-electron chi connectivity index (χ4n) is 4.88. The Morgan fingerprint density at radius 2 is 1.91 bits per heavy atom. The molecular weight excluding hydrogens is 448 g/mol. The van der Waals surface area contributed by atoms with Crippen LogP contribution in [0.3, 0.4) is 0 Å². The van der Waals surface area contributed by atoms with Gasteiger partial charge in [-0.15, -0.1) is 0 Å². The molecular formula is C23H19F2N5O2S. The van der Waals surface area contributed by atoms with E-state index in [1.54, 1.807) is 35.5 Å². The average Bonchev–Trinajstić information content (AvgIpc) is 3.55. The lowest BCUT2D eigenvalue weighted by Gasteiger charge is -2.30. The molecule has 4 aromatic rings. The largest absolute Gasteiger partial charge is 0.361 e. The van der Waals surface area contributed by atoms with Gasteiger partial charge in [0.05, 0.1) is 22.3 Å². The molecule has 2 unspecified atom stereocenters. The number of hydrogen-bond acceptors (Lipinski definition) is 6. The lowest BCUT2D eigenvalue weighted by Crippen LogP contribution is -2.44. The van der Waals surface area contributed by atoms with E-state index in [0.717, 1.165) is 22.5 Å². The highest BCUT2D eigenvalue weighted by atomic mass is 32.2. The zero-order valence-electron chi connectivity index (χ0n) is 17.3. The molecule has 0 aliphatic carbocycles. The van der Waals surface area contributed by atoms with Crippen LogP contribution in [0.5, 0.6) is 0 Å². The summed E-state index contributed by atoms with van der Waals surface area (Å²) in [5.74, 6) is -1.77. The zero-order valence-corrected chi connectivity index (χ0v) is 18.1. The number of fused-ring (bicyclic) bond motifs is 3. The van der Waals surface area contributed by atoms with Crippen molar-refractivity contribution < 1.29 is 17.2 Å². The smallest absolute Gasteiger partial charge is 0.268 e. The van der Waals surface area contributed by atoms with Gasteiger partial charge >= 0.3 is 0 Å². The van der Waals surface area contributed by atoms with Gasteiger partial charge in [-0.2, -0.15) is 0 Å². The van der Waals surface area contributed by atoms with Crippen LogP contribution in [-0.2, 0) is 10.0 Å². The third-order valence-electron chi connectivity index (χ3n) is 6.41. The van der Waals surface area contributed by atoms with E-state index < -0.39 is 26.6 Å². The molecule has 6 rings (SSSR count). The van der Waals surface area contributed by atoms with Crippen molar-refractivity contribution in [1.29, 1.82) is 0 Å². The van der Waals surface area contributed by atoms with Gasteiger partial charge in [0.25, 0.3) is 10.0 Å². The molecule has 0 saturated carbocycles. The first-order valence-corrected chi connectivity index (χ1v) is 12.0. The molecule has 2 atom stereocenters. The van der Waals surface area contributed by atoms with Gasteiger partial charge in [-0.3, -0.25) is 9.97 Å². The minimum Gasteiger partial charge on any atom is -0.361 e. The van der Waals surface area contributed by atoms with E-state index in [0.29, 0.717) is 35.2 Å². The molecule has 0 amide bonds. The van der Waals surface area contributed by atoms with Gasteiger partial charge in [-0.05, 0) is 36.8 Å². The monoisotopic (exact) mass is 467 g/mol. The van der Waals surface area contributed by atoms with Crippen LogP contribution in [0.1, 0.15) is 6.42 Å². The summed E-state index contributed by atoms with van der Waals surface area (Å²) in [4.78, 5) is 9.71. The molecule has 3 aromatic heterocycles. The molecule has 0 radical (unpaired) electrons. The number of hydrogen-bond donors (Lipinski definition) is 1. The number of aromatic nitrogens is 3. The van der Waals surface area contributed by atoms with Gasteiger partial charge in [0.1, 0.15) is 5.69 Å². The summed E-state index contributed by atoms with van der Waals surface area (Å²) in [5.41, 5.74) is 1.43. The molecule has 168 valence electrons. The van der Waals surface area contributed by atoms with Gasteiger partial charge in [-0.25, -0.2) is 21.2 Å². The lowest BCUT2D eigenvalue weighted by molar-refractivity contribution is 0.529. The predicted octanol–water partition coefficient (Wildman–Crippen LogP) is 3.16. The molecule has 2 aliphatic rings. The zero-order chi connectivity index (χ0) is 22.7. The Bertz CT molecular complexity index is 1470. The molecule has 0 spiro atoms. The normalized spacial score (nSPS) is 20.1. The SMILES string of the molecule is O=S(=O)(c1cc(F)c(N2CC3CC2CN3)c(F)c1)n1ccc2c(-c3ccccn3)cncc21. The van der Waals surface area contributed by atoms with E-state index in [1.807, 2.05) is 6.07 Å². The van der Waals surface area contributed by atoms with Crippen molar-refractivity contribution in [2.45, 2.75) is 23.4 Å². The third kappa shape index (κ3) is 3.12. The maximum absolute atomic E-state index is 15.1. The van der Waals surface area contributed by atoms with Crippen LogP contribution in [0, 0.1) is 11.6 Å². The maximum Gasteiger partial charge on any atom is 0.268 e. The highest BCUT2D eigenvalue weighted by Gasteiger charge is 2.40. The number of nitrogens with zero attached hydrogens (tertiary/aromatic N) is 4. The number of rotatable bonds is 4. The number of anilines is 1. The van der Waals surface area contributed by atoms with Crippen molar-refractivity contribution in [1.82, 2.24) is 19.3 Å². The second-order valence-electron chi connectivity index (χ2n) is 8.33. The molecule has 10 heteroatoms. The average molecular weight is 468 g/mol. The number of pyridine rings is 2. The van der Waals surface area contributed by atoms with Gasteiger partial charge in [0.2, 0.25) is 0 Å². The Kier molecular flexibility index (Phi) is 4.49. The summed E-state index contributed by atoms with van der Waals surface area (Å²) in [6, 6.07) is 9.03. The first-order valence-electron chi connectivity index (χ1n) is 10.5. The minimum absolute atomic E-state index is 0.00550. The molecule has 2 aliphatic heterocycles. The Hall–Kier alpha value is -3.37. The summed E-state index contributed by atoms with van der Waals surface area (Å²) >= 11 is 0. The number of halogens is 2. The topological polar surface area (TPSA) is 80.1 Å². The van der Waals surface area contributed by atoms with Gasteiger partial charge in [-0.1, -0.05) is 6.07 Å². The Morgan fingerprint density at radius 3 is 2.58 bits per heavy atom. The number of nitrogens with one attached hydrogen (secondary N) is 1. The Morgan fingerprint density at radius 1 is 1.09 bits per heavy atom. The Labute approximate surface area is 188 Å². The van der Waals surface area contributed by atoms with Crippen LogP contribution in [0.25, 0.3) is 22.2 Å². The van der Waals surface area contributed by atoms with Crippen molar-refractivity contribution in [3.63, 3.8) is 0 Å². The van der Waals surface area contributed by atoms with Crippen molar-refractivity contribution in [2.24, 2.45) is 0 Å². The highest BCUT2D eigenvalue weighted by molar-refractivity contribution is 7.90. The summed E-state index contributed by atoms with van der Waals surface area (Å²) in [6.07, 6.45) is 6.84. The van der Waals surface area contributed by atoms with Crippen LogP contribution in [0.15, 0.2) is 66.1 Å². The molecule has 7 nitrogen and oxygen atoms in total. The molecule has 2 saturated heterocycles. The van der Waals surface area contributed by atoms with E-state index in [4.69, 9.17) is 0 Å². The molecule has 2 fully saturated rings. The van der Waals surface area contributed by atoms with E-state index in [-0.39, 0.29) is 17.8 Å². The van der Waals surface area contributed by atoms with Gasteiger partial charge < -0.3 is 10.2 Å². The second kappa shape index (κ2) is 7.32. The van der Waals surface area contributed by atoms with Crippen LogP contribution in [0.4, 0.5) is 14.5 Å². The second-order valence-corrected chi connectivity index (χ2v) is 10.1. The fourth-order valence-corrected chi connectivity index (χ4v) is 6.24. The summed E-state index contributed by atoms with van der Waals surface area (Å²) in [7, 11) is -4.27. The molecule has 1 N–H and O–H groups in total. The van der Waals surface area contributed by atoms with Crippen molar-refractivity contribution >= 4 is 26.6 Å². The predicted molar refractivity (Wildman–Crippen MR) is 119 cm³/mol. The van der Waals surface area contributed by atoms with Gasteiger partial charge in [0.15, 0.2) is 11.6 Å².